The number of sulfonamides is 1. The molecule has 0 aliphatic heterocycles. The molecule has 0 saturated carbocycles. The zero-order valence-corrected chi connectivity index (χ0v) is 14.5. The Balaban J connectivity index is 3.00. The van der Waals surface area contributed by atoms with Crippen molar-refractivity contribution in [1.82, 2.24) is 9.62 Å². The van der Waals surface area contributed by atoms with Crippen molar-refractivity contribution in [2.75, 3.05) is 21.2 Å². The molecule has 0 radical (unpaired) electrons. The molecular weight excluding hydrogens is 304 g/mol. The lowest BCUT2D eigenvalue weighted by molar-refractivity contribution is -0.130. The number of methoxy groups -OCH3 is 1. The quantitative estimate of drug-likeness (QED) is 0.822. The van der Waals surface area contributed by atoms with Crippen molar-refractivity contribution in [2.45, 2.75) is 31.2 Å². The molecule has 6 nitrogen and oxygen atoms in total. The topological polar surface area (TPSA) is 75.7 Å². The van der Waals surface area contributed by atoms with Crippen LogP contribution in [0.5, 0.6) is 5.75 Å². The van der Waals surface area contributed by atoms with Crippen molar-refractivity contribution in [1.29, 1.82) is 0 Å². The summed E-state index contributed by atoms with van der Waals surface area (Å²) >= 11 is 0. The zero-order valence-electron chi connectivity index (χ0n) is 13.7. The molecular formula is C15H24N2O4S. The maximum atomic E-state index is 12.4. The Morgan fingerprint density at radius 1 is 1.23 bits per heavy atom. The molecule has 0 aliphatic carbocycles. The normalized spacial score (nSPS) is 13.0. The van der Waals surface area contributed by atoms with Gasteiger partial charge >= 0.3 is 0 Å². The molecule has 0 unspecified atom stereocenters. The van der Waals surface area contributed by atoms with Crippen molar-refractivity contribution in [3.63, 3.8) is 0 Å². The predicted molar refractivity (Wildman–Crippen MR) is 85.3 cm³/mol. The number of hydrogen-bond acceptors (Lipinski definition) is 4. The lowest BCUT2D eigenvalue weighted by atomic mass is 10.0. The molecule has 1 atom stereocenters. The van der Waals surface area contributed by atoms with E-state index in [1.54, 1.807) is 26.2 Å². The van der Waals surface area contributed by atoms with Crippen LogP contribution in [0.15, 0.2) is 29.2 Å². The van der Waals surface area contributed by atoms with Gasteiger partial charge in [0.25, 0.3) is 0 Å². The van der Waals surface area contributed by atoms with Gasteiger partial charge in [0, 0.05) is 14.1 Å². The fraction of sp³-hybridized carbons (Fsp3) is 0.533. The van der Waals surface area contributed by atoms with E-state index in [4.69, 9.17) is 4.74 Å². The minimum absolute atomic E-state index is 0.105. The molecule has 0 bridgehead atoms. The Labute approximate surface area is 132 Å². The molecule has 22 heavy (non-hydrogen) atoms. The van der Waals surface area contributed by atoms with Crippen LogP contribution in [0.2, 0.25) is 0 Å². The molecule has 0 saturated heterocycles. The summed E-state index contributed by atoms with van der Waals surface area (Å²) < 4.78 is 32.4. The van der Waals surface area contributed by atoms with Gasteiger partial charge < -0.3 is 9.64 Å². The van der Waals surface area contributed by atoms with Crippen LogP contribution in [0.25, 0.3) is 0 Å². The van der Waals surface area contributed by atoms with Gasteiger partial charge in [0.2, 0.25) is 15.9 Å². The number of benzene rings is 1. The van der Waals surface area contributed by atoms with Crippen LogP contribution in [0.4, 0.5) is 0 Å². The number of hydrogen-bond donors (Lipinski definition) is 1. The van der Waals surface area contributed by atoms with Gasteiger partial charge in [-0.1, -0.05) is 13.8 Å². The van der Waals surface area contributed by atoms with Crippen molar-refractivity contribution in [2.24, 2.45) is 5.92 Å². The van der Waals surface area contributed by atoms with E-state index < -0.39 is 16.1 Å². The molecule has 7 heteroatoms. The molecule has 1 rings (SSSR count). The van der Waals surface area contributed by atoms with Crippen LogP contribution >= 0.6 is 0 Å². The average molecular weight is 328 g/mol. The Morgan fingerprint density at radius 2 is 1.77 bits per heavy atom. The van der Waals surface area contributed by atoms with E-state index in [-0.39, 0.29) is 16.7 Å². The highest BCUT2D eigenvalue weighted by Crippen LogP contribution is 2.17. The third kappa shape index (κ3) is 4.99. The van der Waals surface area contributed by atoms with Gasteiger partial charge in [-0.25, -0.2) is 8.42 Å². The first-order valence-corrected chi connectivity index (χ1v) is 8.53. The largest absolute Gasteiger partial charge is 0.497 e. The first kappa shape index (κ1) is 18.4. The maximum absolute atomic E-state index is 12.4. The van der Waals surface area contributed by atoms with Crippen LogP contribution in [0.3, 0.4) is 0 Å². The standard InChI is InChI=1S/C15H24N2O4S/c1-11(2)10-14(15(18)17(3)4)16-22(19,20)13-8-6-12(21-5)7-9-13/h6-9,11,14,16H,10H2,1-5H3/t14-/m1/s1. The van der Waals surface area contributed by atoms with Gasteiger partial charge in [-0.15, -0.1) is 0 Å². The molecule has 1 aromatic carbocycles. The van der Waals surface area contributed by atoms with Crippen molar-refractivity contribution in [3.05, 3.63) is 24.3 Å². The number of ether oxygens (including phenoxy) is 1. The summed E-state index contributed by atoms with van der Waals surface area (Å²) in [6.45, 7) is 3.88. The first-order valence-electron chi connectivity index (χ1n) is 7.05. The molecule has 0 heterocycles. The second-order valence-corrected chi connectivity index (χ2v) is 7.43. The Bertz CT molecular complexity index is 594. The van der Waals surface area contributed by atoms with Gasteiger partial charge in [0.05, 0.1) is 12.0 Å². The van der Waals surface area contributed by atoms with Gasteiger partial charge in [0.1, 0.15) is 11.8 Å². The number of nitrogens with zero attached hydrogens (tertiary/aromatic N) is 1. The van der Waals surface area contributed by atoms with Crippen LogP contribution < -0.4 is 9.46 Å². The first-order chi connectivity index (χ1) is 10.2. The van der Waals surface area contributed by atoms with Gasteiger partial charge in [-0.2, -0.15) is 4.72 Å². The highest BCUT2D eigenvalue weighted by Gasteiger charge is 2.27. The van der Waals surface area contributed by atoms with E-state index in [1.165, 1.54) is 24.1 Å². The lowest BCUT2D eigenvalue weighted by Crippen LogP contribution is -2.46. The monoisotopic (exact) mass is 328 g/mol. The minimum Gasteiger partial charge on any atom is -0.497 e. The van der Waals surface area contributed by atoms with Crippen LogP contribution in [-0.4, -0.2) is 46.5 Å². The highest BCUT2D eigenvalue weighted by atomic mass is 32.2. The van der Waals surface area contributed by atoms with E-state index in [0.29, 0.717) is 12.2 Å². The van der Waals surface area contributed by atoms with Gasteiger partial charge in [-0.05, 0) is 36.6 Å². The van der Waals surface area contributed by atoms with E-state index >= 15 is 0 Å². The smallest absolute Gasteiger partial charge is 0.241 e. The summed E-state index contributed by atoms with van der Waals surface area (Å²) in [6, 6.07) is 5.27. The molecule has 124 valence electrons. The van der Waals surface area contributed by atoms with Crippen LogP contribution in [0.1, 0.15) is 20.3 Å². The molecule has 1 N–H and O–H groups in total. The molecule has 0 aromatic heterocycles. The summed E-state index contributed by atoms with van der Waals surface area (Å²) in [5, 5.41) is 0. The number of likely N-dealkylation sites (N-methyl/N-ethyl adjacent to an activating group) is 1. The number of carbonyl (C=O) groups excluding carboxylic acids is 1. The van der Waals surface area contributed by atoms with E-state index in [2.05, 4.69) is 4.72 Å². The SMILES string of the molecule is COc1ccc(S(=O)(=O)N[C@H](CC(C)C)C(=O)N(C)C)cc1. The van der Waals surface area contributed by atoms with Crippen LogP contribution in [-0.2, 0) is 14.8 Å². The van der Waals surface area contributed by atoms with Crippen molar-refractivity contribution < 1.29 is 17.9 Å². The van der Waals surface area contributed by atoms with Gasteiger partial charge in [-0.3, -0.25) is 4.79 Å². The fourth-order valence-corrected chi connectivity index (χ4v) is 3.19. The summed E-state index contributed by atoms with van der Waals surface area (Å²) in [4.78, 5) is 13.7. The number of nitrogens with one attached hydrogen (secondary N) is 1. The predicted octanol–water partition coefficient (Wildman–Crippen LogP) is 1.48. The van der Waals surface area contributed by atoms with E-state index in [9.17, 15) is 13.2 Å². The summed E-state index contributed by atoms with van der Waals surface area (Å²) in [5.74, 6) is 0.500. The zero-order chi connectivity index (χ0) is 16.9. The molecule has 1 amide bonds. The summed E-state index contributed by atoms with van der Waals surface area (Å²) in [6.07, 6.45) is 0.437. The Morgan fingerprint density at radius 3 is 2.18 bits per heavy atom. The third-order valence-corrected chi connectivity index (χ3v) is 4.60. The average Bonchev–Trinajstić information content (AvgIpc) is 2.45. The van der Waals surface area contributed by atoms with Crippen molar-refractivity contribution >= 4 is 15.9 Å². The highest BCUT2D eigenvalue weighted by molar-refractivity contribution is 7.89. The number of amides is 1. The fourth-order valence-electron chi connectivity index (χ4n) is 1.99. The minimum atomic E-state index is -3.76. The molecule has 0 fully saturated rings. The van der Waals surface area contributed by atoms with E-state index in [0.717, 1.165) is 0 Å². The van der Waals surface area contributed by atoms with Crippen LogP contribution in [0, 0.1) is 5.92 Å². The molecule has 0 aliphatic rings. The summed E-state index contributed by atoms with van der Waals surface area (Å²) in [5.41, 5.74) is 0. The molecule has 0 spiro atoms. The third-order valence-electron chi connectivity index (χ3n) is 3.11. The number of rotatable bonds is 7. The lowest BCUT2D eigenvalue weighted by Gasteiger charge is -2.23. The number of carbonyl (C=O) groups is 1. The second-order valence-electron chi connectivity index (χ2n) is 5.71. The Kier molecular flexibility index (Phi) is 6.37. The maximum Gasteiger partial charge on any atom is 0.241 e. The Hall–Kier alpha value is -1.60. The summed E-state index contributed by atoms with van der Waals surface area (Å²) in [7, 11) is 0.965. The van der Waals surface area contributed by atoms with Crippen molar-refractivity contribution in [3.8, 4) is 5.75 Å². The van der Waals surface area contributed by atoms with Gasteiger partial charge in [0.15, 0.2) is 0 Å². The second kappa shape index (κ2) is 7.60. The van der Waals surface area contributed by atoms with E-state index in [1.807, 2.05) is 13.8 Å². The molecule has 1 aromatic rings.